The molecular formula is C11H21N2OP. The first-order chi connectivity index (χ1) is 7.24. The van der Waals surface area contributed by atoms with E-state index in [1.54, 1.807) is 5.01 Å². The van der Waals surface area contributed by atoms with Crippen molar-refractivity contribution in [2.45, 2.75) is 27.0 Å². The summed E-state index contributed by atoms with van der Waals surface area (Å²) in [5, 5.41) is 1.65. The fraction of sp³-hybridized carbons (Fsp3) is 0.455. The van der Waals surface area contributed by atoms with Crippen molar-refractivity contribution in [3.05, 3.63) is 35.4 Å². The molecule has 2 N–H and O–H groups in total. The summed E-state index contributed by atoms with van der Waals surface area (Å²) in [6, 6.07) is 8.11. The van der Waals surface area contributed by atoms with Gasteiger partial charge in [-0.3, -0.25) is 5.84 Å². The number of nitrogens with zero attached hydrogens (tertiary/aromatic N) is 1. The Labute approximate surface area is 94.9 Å². The smallest absolute Gasteiger partial charge is 0.0755 e. The Morgan fingerprint density at radius 3 is 2.27 bits per heavy atom. The monoisotopic (exact) mass is 228 g/mol. The quantitative estimate of drug-likeness (QED) is 0.488. The number of rotatable bonds is 4. The topological polar surface area (TPSA) is 38.5 Å². The first-order valence-electron chi connectivity index (χ1n) is 5.08. The summed E-state index contributed by atoms with van der Waals surface area (Å²) in [7, 11) is 4.10. The molecular weight excluding hydrogens is 207 g/mol. The van der Waals surface area contributed by atoms with Crippen LogP contribution >= 0.6 is 9.47 Å². The van der Waals surface area contributed by atoms with Gasteiger partial charge < -0.3 is 4.52 Å². The average molecular weight is 228 g/mol. The lowest BCUT2D eigenvalue weighted by molar-refractivity contribution is 0.328. The Morgan fingerprint density at radius 1 is 1.27 bits per heavy atom. The van der Waals surface area contributed by atoms with E-state index < -0.39 is 0 Å². The van der Waals surface area contributed by atoms with E-state index in [-0.39, 0.29) is 0 Å². The van der Waals surface area contributed by atoms with Crippen LogP contribution in [0, 0.1) is 0 Å². The molecule has 0 aliphatic heterocycles. The van der Waals surface area contributed by atoms with E-state index in [0.717, 1.165) is 6.54 Å². The fourth-order valence-electron chi connectivity index (χ4n) is 1.21. The molecule has 1 aromatic carbocycles. The molecule has 0 radical (unpaired) electrons. The maximum absolute atomic E-state index is 5.58. The van der Waals surface area contributed by atoms with Crippen molar-refractivity contribution in [3.8, 4) is 0 Å². The van der Waals surface area contributed by atoms with Crippen LogP contribution in [0.1, 0.15) is 25.0 Å². The molecule has 0 heterocycles. The largest absolute Gasteiger partial charge is 0.361 e. The molecule has 4 heteroatoms. The van der Waals surface area contributed by atoms with E-state index >= 15 is 0 Å². The highest BCUT2D eigenvalue weighted by molar-refractivity contribution is 7.09. The van der Waals surface area contributed by atoms with Crippen LogP contribution in [0.5, 0.6) is 0 Å². The number of nitrogens with two attached hydrogens (primary N) is 1. The molecule has 86 valence electrons. The molecule has 0 amide bonds. The molecule has 1 aromatic rings. The van der Waals surface area contributed by atoms with Crippen molar-refractivity contribution in [1.29, 1.82) is 0 Å². The summed E-state index contributed by atoms with van der Waals surface area (Å²) in [4.78, 5) is 0. The third-order valence-corrected chi connectivity index (χ3v) is 1.94. The summed E-state index contributed by atoms with van der Waals surface area (Å²) in [6.07, 6.45) is 0. The molecule has 15 heavy (non-hydrogen) atoms. The SMILES string of the molecule is CC.CN(N)Cc1ccccc1COP. The van der Waals surface area contributed by atoms with Crippen LogP contribution in [-0.2, 0) is 17.7 Å². The van der Waals surface area contributed by atoms with Gasteiger partial charge in [-0.05, 0) is 11.1 Å². The van der Waals surface area contributed by atoms with E-state index in [1.807, 2.05) is 39.1 Å². The highest BCUT2D eigenvalue weighted by atomic mass is 31.0. The molecule has 0 aliphatic carbocycles. The Morgan fingerprint density at radius 2 is 1.80 bits per heavy atom. The highest BCUT2D eigenvalue weighted by Gasteiger charge is 2.01. The number of hydrazine groups is 1. The lowest BCUT2D eigenvalue weighted by Gasteiger charge is -2.13. The Kier molecular flexibility index (Phi) is 8.53. The molecule has 3 nitrogen and oxygen atoms in total. The summed E-state index contributed by atoms with van der Waals surface area (Å²) in [5.41, 5.74) is 2.38. The van der Waals surface area contributed by atoms with Gasteiger partial charge in [0.05, 0.1) is 6.61 Å². The molecule has 0 bridgehead atoms. The van der Waals surface area contributed by atoms with Crippen LogP contribution in [0.15, 0.2) is 24.3 Å². The molecule has 0 spiro atoms. The second kappa shape index (κ2) is 8.81. The highest BCUT2D eigenvalue weighted by Crippen LogP contribution is 2.12. The van der Waals surface area contributed by atoms with Crippen LogP contribution in [0.2, 0.25) is 0 Å². The van der Waals surface area contributed by atoms with Gasteiger partial charge in [0.15, 0.2) is 0 Å². The first-order valence-corrected chi connectivity index (χ1v) is 5.55. The van der Waals surface area contributed by atoms with Gasteiger partial charge in [0, 0.05) is 23.1 Å². The van der Waals surface area contributed by atoms with Gasteiger partial charge in [-0.15, -0.1) is 0 Å². The average Bonchev–Trinajstić information content (AvgIpc) is 2.23. The normalized spacial score (nSPS) is 9.73. The van der Waals surface area contributed by atoms with Gasteiger partial charge in [0.2, 0.25) is 0 Å². The van der Waals surface area contributed by atoms with Crippen molar-refractivity contribution < 1.29 is 4.52 Å². The predicted molar refractivity (Wildman–Crippen MR) is 67.9 cm³/mol. The molecule has 1 rings (SSSR count). The van der Waals surface area contributed by atoms with Crippen LogP contribution in [-0.4, -0.2) is 12.1 Å². The minimum absolute atomic E-state index is 0.606. The second-order valence-corrected chi connectivity index (χ2v) is 3.33. The van der Waals surface area contributed by atoms with Crippen LogP contribution in [0.4, 0.5) is 0 Å². The number of hydrogen-bond acceptors (Lipinski definition) is 3. The van der Waals surface area contributed by atoms with Gasteiger partial charge in [-0.25, -0.2) is 5.01 Å². The zero-order valence-electron chi connectivity index (χ0n) is 9.73. The van der Waals surface area contributed by atoms with Crippen molar-refractivity contribution in [1.82, 2.24) is 5.01 Å². The molecule has 0 saturated heterocycles. The van der Waals surface area contributed by atoms with Crippen LogP contribution in [0.3, 0.4) is 0 Å². The maximum atomic E-state index is 5.58. The minimum Gasteiger partial charge on any atom is -0.361 e. The zero-order chi connectivity index (χ0) is 11.7. The molecule has 0 aromatic heterocycles. The summed E-state index contributed by atoms with van der Waals surface area (Å²) in [6.45, 7) is 5.35. The van der Waals surface area contributed by atoms with Gasteiger partial charge in [0.25, 0.3) is 0 Å². The van der Waals surface area contributed by atoms with Crippen molar-refractivity contribution >= 4 is 9.47 Å². The van der Waals surface area contributed by atoms with Crippen LogP contribution < -0.4 is 5.84 Å². The van der Waals surface area contributed by atoms with Gasteiger partial charge in [-0.2, -0.15) is 0 Å². The second-order valence-electron chi connectivity index (χ2n) is 2.99. The summed E-state index contributed by atoms with van der Waals surface area (Å²) in [5.74, 6) is 5.58. The van der Waals surface area contributed by atoms with E-state index in [2.05, 4.69) is 15.5 Å². The zero-order valence-corrected chi connectivity index (χ0v) is 10.9. The first kappa shape index (κ1) is 14.5. The van der Waals surface area contributed by atoms with E-state index in [9.17, 15) is 0 Å². The summed E-state index contributed by atoms with van der Waals surface area (Å²) >= 11 is 0. The van der Waals surface area contributed by atoms with Crippen molar-refractivity contribution in [2.24, 2.45) is 5.84 Å². The third-order valence-electron chi connectivity index (χ3n) is 1.78. The van der Waals surface area contributed by atoms with E-state index in [0.29, 0.717) is 6.61 Å². The van der Waals surface area contributed by atoms with Gasteiger partial charge in [0.1, 0.15) is 0 Å². The molecule has 0 saturated carbocycles. The predicted octanol–water partition coefficient (Wildman–Crippen LogP) is 2.33. The Bertz CT molecular complexity index is 267. The molecule has 1 atom stereocenters. The maximum Gasteiger partial charge on any atom is 0.0755 e. The fourth-order valence-corrected chi connectivity index (χ4v) is 1.39. The molecule has 1 unspecified atom stereocenters. The number of hydrogen-bond donors (Lipinski definition) is 1. The third kappa shape index (κ3) is 5.85. The Hall–Kier alpha value is -0.470. The lowest BCUT2D eigenvalue weighted by Crippen LogP contribution is -2.25. The Balaban J connectivity index is 0.000000921. The number of benzene rings is 1. The van der Waals surface area contributed by atoms with Crippen LogP contribution in [0.25, 0.3) is 0 Å². The van der Waals surface area contributed by atoms with Gasteiger partial charge >= 0.3 is 0 Å². The summed E-state index contributed by atoms with van der Waals surface area (Å²) < 4.78 is 5.01. The van der Waals surface area contributed by atoms with Gasteiger partial charge in [-0.1, -0.05) is 38.1 Å². The standard InChI is InChI=1S/C9H15N2OP.C2H6/c1-11(10)6-8-4-2-3-5-9(8)7-12-13;1-2/h2-5H,6-7,10,13H2,1H3;1-2H3. The van der Waals surface area contributed by atoms with E-state index in [4.69, 9.17) is 10.4 Å². The minimum atomic E-state index is 0.606. The van der Waals surface area contributed by atoms with Crippen molar-refractivity contribution in [3.63, 3.8) is 0 Å². The lowest BCUT2D eigenvalue weighted by atomic mass is 10.1. The van der Waals surface area contributed by atoms with Crippen molar-refractivity contribution in [2.75, 3.05) is 7.05 Å². The van der Waals surface area contributed by atoms with E-state index in [1.165, 1.54) is 11.1 Å². The molecule has 0 fully saturated rings. The molecule has 0 aliphatic rings.